The molecular weight excluding hydrogens is 326 g/mol. The number of hydrogen-bond acceptors (Lipinski definition) is 5. The molecule has 0 amide bonds. The van der Waals surface area contributed by atoms with E-state index < -0.39 is 0 Å². The first-order valence-corrected chi connectivity index (χ1v) is 9.03. The summed E-state index contributed by atoms with van der Waals surface area (Å²) in [7, 11) is 1.87. The fourth-order valence-corrected chi connectivity index (χ4v) is 2.88. The van der Waals surface area contributed by atoms with E-state index in [4.69, 9.17) is 9.15 Å². The molecule has 1 unspecified atom stereocenters. The molecule has 1 N–H and O–H groups in total. The third-order valence-corrected chi connectivity index (χ3v) is 4.39. The van der Waals surface area contributed by atoms with Gasteiger partial charge in [-0.05, 0) is 42.7 Å². The zero-order valence-corrected chi connectivity index (χ0v) is 15.3. The van der Waals surface area contributed by atoms with Crippen molar-refractivity contribution in [1.29, 1.82) is 0 Å². The molecule has 0 saturated heterocycles. The van der Waals surface area contributed by atoms with Gasteiger partial charge in [0.05, 0.1) is 12.8 Å². The molecule has 2 heterocycles. The van der Waals surface area contributed by atoms with Crippen molar-refractivity contribution in [3.05, 3.63) is 72.1 Å². The summed E-state index contributed by atoms with van der Waals surface area (Å²) in [5, 5.41) is 3.05. The SMILES string of the molecule is CCC(Cc1ccc(OCCc2cccc(NC)n2)cc1)c1ncco1. The molecule has 0 aliphatic heterocycles. The predicted octanol–water partition coefficient (Wildman–Crippen LogP) is 4.47. The van der Waals surface area contributed by atoms with Crippen LogP contribution in [-0.2, 0) is 12.8 Å². The molecule has 0 fully saturated rings. The first kappa shape index (κ1) is 18.0. The molecule has 3 aromatic rings. The lowest BCUT2D eigenvalue weighted by Gasteiger charge is -2.12. The van der Waals surface area contributed by atoms with Gasteiger partial charge in [0.15, 0.2) is 5.89 Å². The van der Waals surface area contributed by atoms with Crippen LogP contribution in [-0.4, -0.2) is 23.6 Å². The second-order valence-corrected chi connectivity index (χ2v) is 6.19. The summed E-state index contributed by atoms with van der Waals surface area (Å²) >= 11 is 0. The highest BCUT2D eigenvalue weighted by atomic mass is 16.5. The van der Waals surface area contributed by atoms with Crippen LogP contribution < -0.4 is 10.1 Å². The van der Waals surface area contributed by atoms with Gasteiger partial charge in [-0.2, -0.15) is 0 Å². The third-order valence-electron chi connectivity index (χ3n) is 4.39. The molecule has 2 aromatic heterocycles. The topological polar surface area (TPSA) is 60.2 Å². The lowest BCUT2D eigenvalue weighted by atomic mass is 9.97. The zero-order valence-electron chi connectivity index (χ0n) is 15.3. The summed E-state index contributed by atoms with van der Waals surface area (Å²) < 4.78 is 11.3. The summed E-state index contributed by atoms with van der Waals surface area (Å²) in [6.07, 6.45) is 6.03. The maximum absolute atomic E-state index is 5.85. The van der Waals surface area contributed by atoms with Crippen LogP contribution in [0.3, 0.4) is 0 Å². The monoisotopic (exact) mass is 351 g/mol. The Hall–Kier alpha value is -2.82. The molecule has 26 heavy (non-hydrogen) atoms. The van der Waals surface area contributed by atoms with E-state index in [2.05, 4.69) is 34.3 Å². The quantitative estimate of drug-likeness (QED) is 0.616. The fourth-order valence-electron chi connectivity index (χ4n) is 2.88. The van der Waals surface area contributed by atoms with Gasteiger partial charge in [0, 0.05) is 25.1 Å². The van der Waals surface area contributed by atoms with Gasteiger partial charge in [-0.3, -0.25) is 0 Å². The second kappa shape index (κ2) is 9.04. The zero-order chi connectivity index (χ0) is 18.2. The lowest BCUT2D eigenvalue weighted by Crippen LogP contribution is -2.05. The average molecular weight is 351 g/mol. The van der Waals surface area contributed by atoms with Crippen LogP contribution in [0.4, 0.5) is 5.82 Å². The Morgan fingerprint density at radius 3 is 2.69 bits per heavy atom. The second-order valence-electron chi connectivity index (χ2n) is 6.19. The van der Waals surface area contributed by atoms with Crippen LogP contribution in [0.1, 0.15) is 36.4 Å². The Morgan fingerprint density at radius 1 is 1.15 bits per heavy atom. The number of nitrogens with one attached hydrogen (secondary N) is 1. The molecule has 5 heteroatoms. The Kier molecular flexibility index (Phi) is 6.25. The summed E-state index contributed by atoms with van der Waals surface area (Å²) in [6, 6.07) is 14.2. The van der Waals surface area contributed by atoms with E-state index in [1.165, 1.54) is 5.56 Å². The first-order chi connectivity index (χ1) is 12.8. The smallest absolute Gasteiger partial charge is 0.197 e. The minimum atomic E-state index is 0.308. The number of oxazole rings is 1. The number of hydrogen-bond donors (Lipinski definition) is 1. The molecule has 0 radical (unpaired) electrons. The highest BCUT2D eigenvalue weighted by molar-refractivity contribution is 5.34. The third kappa shape index (κ3) is 4.85. The van der Waals surface area contributed by atoms with E-state index >= 15 is 0 Å². The summed E-state index contributed by atoms with van der Waals surface area (Å²) in [4.78, 5) is 8.78. The molecule has 136 valence electrons. The van der Waals surface area contributed by atoms with Crippen LogP contribution in [0.5, 0.6) is 5.75 Å². The lowest BCUT2D eigenvalue weighted by molar-refractivity contribution is 0.320. The van der Waals surface area contributed by atoms with Crippen LogP contribution in [0.25, 0.3) is 0 Å². The first-order valence-electron chi connectivity index (χ1n) is 9.03. The molecule has 3 rings (SSSR count). The Labute approximate surface area is 154 Å². The van der Waals surface area contributed by atoms with Crippen molar-refractivity contribution >= 4 is 5.82 Å². The van der Waals surface area contributed by atoms with Gasteiger partial charge in [0.2, 0.25) is 0 Å². The minimum Gasteiger partial charge on any atom is -0.493 e. The van der Waals surface area contributed by atoms with E-state index in [0.29, 0.717) is 12.5 Å². The number of rotatable bonds is 9. The van der Waals surface area contributed by atoms with Crippen molar-refractivity contribution in [2.24, 2.45) is 0 Å². The van der Waals surface area contributed by atoms with Gasteiger partial charge >= 0.3 is 0 Å². The molecule has 0 bridgehead atoms. The normalized spacial score (nSPS) is 11.9. The molecular formula is C21H25N3O2. The number of benzene rings is 1. The number of pyridine rings is 1. The highest BCUT2D eigenvalue weighted by Gasteiger charge is 2.14. The summed E-state index contributed by atoms with van der Waals surface area (Å²) in [5.74, 6) is 2.87. The maximum atomic E-state index is 5.85. The molecule has 0 saturated carbocycles. The average Bonchev–Trinajstić information content (AvgIpc) is 3.22. The number of anilines is 1. The standard InChI is InChI=1S/C21H25N3O2/c1-3-17(21-23-12-14-26-21)15-16-7-9-19(10-8-16)25-13-11-18-5-4-6-20(22-2)24-18/h4-10,12,14,17H,3,11,13,15H2,1-2H3,(H,22,24). The van der Waals surface area contributed by atoms with Crippen molar-refractivity contribution in [1.82, 2.24) is 9.97 Å². The summed E-state index contributed by atoms with van der Waals surface area (Å²) in [6.45, 7) is 2.76. The van der Waals surface area contributed by atoms with E-state index in [0.717, 1.165) is 42.4 Å². The van der Waals surface area contributed by atoms with Crippen molar-refractivity contribution in [2.75, 3.05) is 19.0 Å². The summed E-state index contributed by atoms with van der Waals surface area (Å²) in [5.41, 5.74) is 2.27. The van der Waals surface area contributed by atoms with Gasteiger partial charge in [0.1, 0.15) is 17.8 Å². The maximum Gasteiger partial charge on any atom is 0.197 e. The molecule has 1 aromatic carbocycles. The Balaban J connectivity index is 1.51. The number of ether oxygens (including phenoxy) is 1. The van der Waals surface area contributed by atoms with Crippen LogP contribution >= 0.6 is 0 Å². The van der Waals surface area contributed by atoms with Crippen molar-refractivity contribution in [3.63, 3.8) is 0 Å². The van der Waals surface area contributed by atoms with Gasteiger partial charge in [-0.15, -0.1) is 0 Å². The molecule has 0 aliphatic carbocycles. The number of aromatic nitrogens is 2. The molecule has 1 atom stereocenters. The van der Waals surface area contributed by atoms with Crippen molar-refractivity contribution < 1.29 is 9.15 Å². The van der Waals surface area contributed by atoms with Gasteiger partial charge in [-0.1, -0.05) is 25.1 Å². The van der Waals surface area contributed by atoms with E-state index in [1.54, 1.807) is 12.5 Å². The largest absolute Gasteiger partial charge is 0.493 e. The molecule has 0 spiro atoms. The van der Waals surface area contributed by atoms with E-state index in [1.807, 2.05) is 37.4 Å². The van der Waals surface area contributed by atoms with E-state index in [-0.39, 0.29) is 0 Å². The fraction of sp³-hybridized carbons (Fsp3) is 0.333. The Morgan fingerprint density at radius 2 is 2.00 bits per heavy atom. The van der Waals surface area contributed by atoms with Crippen LogP contribution in [0.2, 0.25) is 0 Å². The van der Waals surface area contributed by atoms with Crippen LogP contribution in [0, 0.1) is 0 Å². The Bertz CT molecular complexity index is 785. The molecule has 0 aliphatic rings. The number of nitrogens with zero attached hydrogens (tertiary/aromatic N) is 2. The van der Waals surface area contributed by atoms with Gasteiger partial charge in [-0.25, -0.2) is 9.97 Å². The molecule has 5 nitrogen and oxygen atoms in total. The minimum absolute atomic E-state index is 0.308. The predicted molar refractivity (Wildman–Crippen MR) is 103 cm³/mol. The van der Waals surface area contributed by atoms with Gasteiger partial charge in [0.25, 0.3) is 0 Å². The van der Waals surface area contributed by atoms with Crippen LogP contribution in [0.15, 0.2) is 59.3 Å². The van der Waals surface area contributed by atoms with Crippen molar-refractivity contribution in [3.8, 4) is 5.75 Å². The van der Waals surface area contributed by atoms with E-state index in [9.17, 15) is 0 Å². The van der Waals surface area contributed by atoms with Gasteiger partial charge < -0.3 is 14.5 Å². The van der Waals surface area contributed by atoms with Crippen molar-refractivity contribution in [2.45, 2.75) is 32.1 Å². The highest BCUT2D eigenvalue weighted by Crippen LogP contribution is 2.24.